The van der Waals surface area contributed by atoms with Gasteiger partial charge in [0.1, 0.15) is 0 Å². The van der Waals surface area contributed by atoms with E-state index in [9.17, 15) is 4.79 Å². The van der Waals surface area contributed by atoms with Crippen molar-refractivity contribution in [3.8, 4) is 0 Å². The molecule has 1 N–H and O–H groups in total. The molecule has 0 unspecified atom stereocenters. The Morgan fingerprint density at radius 1 is 1.41 bits per heavy atom. The van der Waals surface area contributed by atoms with E-state index in [0.29, 0.717) is 17.2 Å². The van der Waals surface area contributed by atoms with Crippen LogP contribution in [0.2, 0.25) is 0 Å². The second kappa shape index (κ2) is 7.15. The number of nitrogens with one attached hydrogen (secondary N) is 1. The number of rotatable bonds is 6. The van der Waals surface area contributed by atoms with E-state index in [1.807, 2.05) is 4.68 Å². The lowest BCUT2D eigenvalue weighted by Crippen LogP contribution is -2.16. The maximum Gasteiger partial charge on any atom is 0.257 e. The molecule has 0 aromatic carbocycles. The van der Waals surface area contributed by atoms with Gasteiger partial charge in [-0.25, -0.2) is 0 Å². The molecule has 2 rings (SSSR count). The number of carbonyl (C=O) groups excluding carboxylic acids is 1. The molecule has 0 saturated heterocycles. The fourth-order valence-corrected chi connectivity index (χ4v) is 2.29. The molecule has 0 saturated carbocycles. The van der Waals surface area contributed by atoms with Crippen molar-refractivity contribution in [1.29, 1.82) is 0 Å². The predicted octanol–water partition coefficient (Wildman–Crippen LogP) is 2.84. The maximum atomic E-state index is 12.4. The molecule has 0 aliphatic rings. The average molecular weight is 301 g/mol. The maximum absolute atomic E-state index is 12.4. The Balaban J connectivity index is 2.16. The van der Waals surface area contributed by atoms with Gasteiger partial charge in [-0.3, -0.25) is 9.48 Å². The van der Waals surface area contributed by atoms with Crippen LogP contribution in [0.3, 0.4) is 0 Å². The minimum absolute atomic E-state index is 0.175. The quantitative estimate of drug-likeness (QED) is 0.890. The first-order chi connectivity index (χ1) is 10.5. The van der Waals surface area contributed by atoms with E-state index in [1.54, 1.807) is 19.2 Å². The molecule has 0 fully saturated rings. The SMILES string of the molecule is CCc1c(NC(=O)c2ccnnc2C)cnn1CCC(C)C. The van der Waals surface area contributed by atoms with Gasteiger partial charge in [-0.1, -0.05) is 20.8 Å². The Bertz CT molecular complexity index is 648. The van der Waals surface area contributed by atoms with Gasteiger partial charge in [0.15, 0.2) is 0 Å². The van der Waals surface area contributed by atoms with Gasteiger partial charge < -0.3 is 5.32 Å². The van der Waals surface area contributed by atoms with E-state index in [4.69, 9.17) is 0 Å². The minimum atomic E-state index is -0.175. The lowest BCUT2D eigenvalue weighted by molar-refractivity contribution is 0.102. The molecule has 0 atom stereocenters. The van der Waals surface area contributed by atoms with Crippen LogP contribution >= 0.6 is 0 Å². The Labute approximate surface area is 130 Å². The zero-order valence-electron chi connectivity index (χ0n) is 13.6. The second-order valence-corrected chi connectivity index (χ2v) is 5.75. The van der Waals surface area contributed by atoms with Crippen LogP contribution in [0.4, 0.5) is 5.69 Å². The van der Waals surface area contributed by atoms with Crippen molar-refractivity contribution >= 4 is 11.6 Å². The first-order valence-corrected chi connectivity index (χ1v) is 7.67. The molecule has 6 nitrogen and oxygen atoms in total. The molecule has 2 aromatic heterocycles. The van der Waals surface area contributed by atoms with Crippen molar-refractivity contribution < 1.29 is 4.79 Å². The summed E-state index contributed by atoms with van der Waals surface area (Å²) in [5, 5.41) is 15.0. The van der Waals surface area contributed by atoms with Crippen molar-refractivity contribution in [2.45, 2.75) is 47.1 Å². The van der Waals surface area contributed by atoms with Crippen molar-refractivity contribution in [3.05, 3.63) is 35.4 Å². The van der Waals surface area contributed by atoms with E-state index >= 15 is 0 Å². The number of hydrogen-bond donors (Lipinski definition) is 1. The van der Waals surface area contributed by atoms with Crippen LogP contribution in [0.15, 0.2) is 18.5 Å². The molecule has 2 heterocycles. The summed E-state index contributed by atoms with van der Waals surface area (Å²) in [5.74, 6) is 0.447. The number of aromatic nitrogens is 4. The summed E-state index contributed by atoms with van der Waals surface area (Å²) in [6.07, 6.45) is 5.13. The number of nitrogens with zero attached hydrogens (tertiary/aromatic N) is 4. The first kappa shape index (κ1) is 16.1. The fraction of sp³-hybridized carbons (Fsp3) is 0.500. The standard InChI is InChI=1S/C16H23N5O/c1-5-15-14(10-18-21(15)9-7-11(2)3)19-16(22)13-6-8-17-20-12(13)4/h6,8,10-11H,5,7,9H2,1-4H3,(H,19,22). The number of carbonyl (C=O) groups is 1. The molecule has 22 heavy (non-hydrogen) atoms. The molecule has 0 aliphatic heterocycles. The van der Waals surface area contributed by atoms with Crippen molar-refractivity contribution in [1.82, 2.24) is 20.0 Å². The predicted molar refractivity (Wildman–Crippen MR) is 85.8 cm³/mol. The zero-order valence-corrected chi connectivity index (χ0v) is 13.6. The van der Waals surface area contributed by atoms with E-state index < -0.39 is 0 Å². The zero-order chi connectivity index (χ0) is 16.1. The molecule has 118 valence electrons. The Morgan fingerprint density at radius 2 is 2.18 bits per heavy atom. The summed E-state index contributed by atoms with van der Waals surface area (Å²) in [4.78, 5) is 12.4. The van der Waals surface area contributed by atoms with Crippen molar-refractivity contribution in [2.75, 3.05) is 5.32 Å². The van der Waals surface area contributed by atoms with E-state index in [1.165, 1.54) is 6.20 Å². The third kappa shape index (κ3) is 3.69. The summed E-state index contributed by atoms with van der Waals surface area (Å²) >= 11 is 0. The minimum Gasteiger partial charge on any atom is -0.319 e. The summed E-state index contributed by atoms with van der Waals surface area (Å²) in [7, 11) is 0. The van der Waals surface area contributed by atoms with Gasteiger partial charge in [0.25, 0.3) is 5.91 Å². The summed E-state index contributed by atoms with van der Waals surface area (Å²) in [6.45, 7) is 9.09. The van der Waals surface area contributed by atoms with E-state index in [2.05, 4.69) is 41.4 Å². The van der Waals surface area contributed by atoms with Gasteiger partial charge in [-0.2, -0.15) is 15.3 Å². The number of amides is 1. The molecule has 0 radical (unpaired) electrons. The third-order valence-electron chi connectivity index (χ3n) is 3.60. The lowest BCUT2D eigenvalue weighted by Gasteiger charge is -2.10. The first-order valence-electron chi connectivity index (χ1n) is 7.67. The highest BCUT2D eigenvalue weighted by Crippen LogP contribution is 2.18. The van der Waals surface area contributed by atoms with Crippen LogP contribution in [0.1, 0.15) is 48.9 Å². The molecule has 1 amide bonds. The van der Waals surface area contributed by atoms with Crippen LogP contribution in [0.5, 0.6) is 0 Å². The largest absolute Gasteiger partial charge is 0.319 e. The van der Waals surface area contributed by atoms with Crippen molar-refractivity contribution in [3.63, 3.8) is 0 Å². The molecular weight excluding hydrogens is 278 g/mol. The molecule has 2 aromatic rings. The van der Waals surface area contributed by atoms with Gasteiger partial charge in [0.05, 0.1) is 35.0 Å². The molecule has 0 bridgehead atoms. The Hall–Kier alpha value is -2.24. The van der Waals surface area contributed by atoms with Gasteiger partial charge in [-0.05, 0) is 31.7 Å². The number of hydrogen-bond acceptors (Lipinski definition) is 4. The molecule has 0 aliphatic carbocycles. The van der Waals surface area contributed by atoms with Gasteiger partial charge in [-0.15, -0.1) is 0 Å². The van der Waals surface area contributed by atoms with E-state index in [-0.39, 0.29) is 5.91 Å². The van der Waals surface area contributed by atoms with E-state index in [0.717, 1.165) is 30.8 Å². The highest BCUT2D eigenvalue weighted by Gasteiger charge is 2.15. The summed E-state index contributed by atoms with van der Waals surface area (Å²) in [5.41, 5.74) is 2.97. The number of aryl methyl sites for hydroxylation is 2. The number of anilines is 1. The normalized spacial score (nSPS) is 11.0. The van der Waals surface area contributed by atoms with Gasteiger partial charge in [0.2, 0.25) is 0 Å². The topological polar surface area (TPSA) is 72.7 Å². The summed E-state index contributed by atoms with van der Waals surface area (Å²) in [6, 6.07) is 1.67. The fourth-order valence-electron chi connectivity index (χ4n) is 2.29. The van der Waals surface area contributed by atoms with Crippen LogP contribution in [0.25, 0.3) is 0 Å². The second-order valence-electron chi connectivity index (χ2n) is 5.75. The van der Waals surface area contributed by atoms with Crippen LogP contribution in [-0.4, -0.2) is 25.9 Å². The molecule has 6 heteroatoms. The molecule has 0 spiro atoms. The van der Waals surface area contributed by atoms with Crippen molar-refractivity contribution in [2.24, 2.45) is 5.92 Å². The Kier molecular flexibility index (Phi) is 5.25. The average Bonchev–Trinajstić information content (AvgIpc) is 2.87. The smallest absolute Gasteiger partial charge is 0.257 e. The van der Waals surface area contributed by atoms with Crippen LogP contribution in [-0.2, 0) is 13.0 Å². The van der Waals surface area contributed by atoms with Gasteiger partial charge in [0, 0.05) is 6.54 Å². The van der Waals surface area contributed by atoms with Crippen LogP contribution in [0, 0.1) is 12.8 Å². The lowest BCUT2D eigenvalue weighted by atomic mass is 10.1. The highest BCUT2D eigenvalue weighted by molar-refractivity contribution is 6.05. The third-order valence-corrected chi connectivity index (χ3v) is 3.60. The van der Waals surface area contributed by atoms with Gasteiger partial charge >= 0.3 is 0 Å². The summed E-state index contributed by atoms with van der Waals surface area (Å²) < 4.78 is 1.98. The highest BCUT2D eigenvalue weighted by atomic mass is 16.1. The van der Waals surface area contributed by atoms with Crippen LogP contribution < -0.4 is 5.32 Å². The Morgan fingerprint density at radius 3 is 2.82 bits per heavy atom. The monoisotopic (exact) mass is 301 g/mol. The molecular formula is C16H23N5O.